The van der Waals surface area contributed by atoms with Crippen molar-refractivity contribution in [3.8, 4) is 0 Å². The summed E-state index contributed by atoms with van der Waals surface area (Å²) in [5, 5.41) is 6.50. The number of hydrogen-bond donors (Lipinski definition) is 1. The zero-order valence-electron chi connectivity index (χ0n) is 11.8. The van der Waals surface area contributed by atoms with Crippen LogP contribution in [0.4, 0.5) is 0 Å². The van der Waals surface area contributed by atoms with Gasteiger partial charge in [-0.2, -0.15) is 5.10 Å². The second kappa shape index (κ2) is 4.40. The van der Waals surface area contributed by atoms with Crippen molar-refractivity contribution in [3.05, 3.63) is 36.2 Å². The Morgan fingerprint density at radius 2 is 2.14 bits per heavy atom. The zero-order chi connectivity index (χ0) is 15.3. The first-order valence-corrected chi connectivity index (χ1v) is 7.15. The zero-order valence-corrected chi connectivity index (χ0v) is 11.8. The highest BCUT2D eigenvalue weighted by molar-refractivity contribution is 6.06. The monoisotopic (exact) mass is 298 g/mol. The first-order chi connectivity index (χ1) is 10.6. The van der Waals surface area contributed by atoms with Crippen LogP contribution in [0.15, 0.2) is 30.5 Å². The molecule has 0 radical (unpaired) electrons. The predicted octanol–water partition coefficient (Wildman–Crippen LogP) is 0.213. The van der Waals surface area contributed by atoms with E-state index in [0.717, 1.165) is 5.52 Å². The number of nitrogens with one attached hydrogen (secondary N) is 1. The highest BCUT2D eigenvalue weighted by Gasteiger charge is 2.51. The molecule has 2 aromatic heterocycles. The van der Waals surface area contributed by atoms with Gasteiger partial charge in [0.1, 0.15) is 5.69 Å². The summed E-state index contributed by atoms with van der Waals surface area (Å²) in [7, 11) is 0. The topological polar surface area (TPSA) is 83.8 Å². The van der Waals surface area contributed by atoms with Gasteiger partial charge in [-0.25, -0.2) is 4.52 Å². The molecule has 1 N–H and O–H groups in total. The van der Waals surface area contributed by atoms with Crippen molar-refractivity contribution in [3.63, 3.8) is 0 Å². The summed E-state index contributed by atoms with van der Waals surface area (Å²) in [5.74, 6) is -0.683. The normalized spacial score (nSPS) is 24.5. The minimum Gasteiger partial charge on any atom is -0.336 e. The highest BCUT2D eigenvalue weighted by Crippen LogP contribution is 2.38. The fraction of sp³-hybridized carbons (Fsp3) is 0.333. The van der Waals surface area contributed by atoms with E-state index >= 15 is 0 Å². The molecule has 0 bridgehead atoms. The lowest BCUT2D eigenvalue weighted by atomic mass is 9.85. The Morgan fingerprint density at radius 3 is 2.91 bits per heavy atom. The number of carbonyl (C=O) groups is 3. The van der Waals surface area contributed by atoms with Crippen LogP contribution in [0, 0.1) is 5.41 Å². The number of rotatable bonds is 1. The first kappa shape index (κ1) is 13.0. The molecule has 4 rings (SSSR count). The number of hydrogen-bond acceptors (Lipinski definition) is 4. The third kappa shape index (κ3) is 1.75. The summed E-state index contributed by atoms with van der Waals surface area (Å²) in [4.78, 5) is 37.8. The Balaban J connectivity index is 1.64. The lowest BCUT2D eigenvalue weighted by Gasteiger charge is -2.20. The molecule has 1 spiro atoms. The number of pyridine rings is 1. The number of amides is 3. The van der Waals surface area contributed by atoms with E-state index in [9.17, 15) is 14.4 Å². The maximum Gasteiger partial charge on any atom is 0.272 e. The molecule has 2 aliphatic heterocycles. The lowest BCUT2D eigenvalue weighted by molar-refractivity contribution is -0.128. The summed E-state index contributed by atoms with van der Waals surface area (Å²) in [6.45, 7) is 0.748. The van der Waals surface area contributed by atoms with Crippen LogP contribution >= 0.6 is 0 Å². The number of fused-ring (bicyclic) bond motifs is 1. The number of nitrogens with zero attached hydrogens (tertiary/aromatic N) is 3. The maximum absolute atomic E-state index is 12.7. The average molecular weight is 298 g/mol. The van der Waals surface area contributed by atoms with Gasteiger partial charge in [-0.15, -0.1) is 0 Å². The molecule has 7 nitrogen and oxygen atoms in total. The number of likely N-dealkylation sites (tertiary alicyclic amines) is 1. The van der Waals surface area contributed by atoms with Crippen LogP contribution in [0.5, 0.6) is 0 Å². The third-order valence-corrected chi connectivity index (χ3v) is 4.51. The molecule has 2 saturated heterocycles. The molecule has 0 saturated carbocycles. The molecule has 4 heterocycles. The fourth-order valence-electron chi connectivity index (χ4n) is 3.34. The molecular weight excluding hydrogens is 284 g/mol. The van der Waals surface area contributed by atoms with Crippen molar-refractivity contribution >= 4 is 23.2 Å². The van der Waals surface area contributed by atoms with Crippen LogP contribution in [-0.2, 0) is 9.59 Å². The smallest absolute Gasteiger partial charge is 0.272 e. The predicted molar refractivity (Wildman–Crippen MR) is 75.9 cm³/mol. The quantitative estimate of drug-likeness (QED) is 0.763. The van der Waals surface area contributed by atoms with E-state index in [1.165, 1.54) is 0 Å². The van der Waals surface area contributed by atoms with Crippen LogP contribution in [0.1, 0.15) is 23.3 Å². The Bertz CT molecular complexity index is 812. The summed E-state index contributed by atoms with van der Waals surface area (Å²) in [5.41, 5.74) is 0.558. The van der Waals surface area contributed by atoms with Crippen LogP contribution in [0.25, 0.3) is 5.52 Å². The molecule has 2 aromatic rings. The average Bonchev–Trinajstić information content (AvgIpc) is 3.18. The Hall–Kier alpha value is -2.70. The van der Waals surface area contributed by atoms with E-state index < -0.39 is 5.41 Å². The fourth-order valence-corrected chi connectivity index (χ4v) is 3.34. The van der Waals surface area contributed by atoms with E-state index in [4.69, 9.17) is 0 Å². The van der Waals surface area contributed by atoms with Gasteiger partial charge in [0.25, 0.3) is 5.91 Å². The summed E-state index contributed by atoms with van der Waals surface area (Å²) in [6, 6.07) is 7.22. The van der Waals surface area contributed by atoms with E-state index in [-0.39, 0.29) is 30.7 Å². The lowest BCUT2D eigenvalue weighted by Crippen LogP contribution is -2.37. The van der Waals surface area contributed by atoms with E-state index in [1.807, 2.05) is 18.2 Å². The molecular formula is C15H14N4O3. The highest BCUT2D eigenvalue weighted by atomic mass is 16.2. The second-order valence-corrected chi connectivity index (χ2v) is 5.89. The van der Waals surface area contributed by atoms with Gasteiger partial charge in [0.2, 0.25) is 11.8 Å². The largest absolute Gasteiger partial charge is 0.336 e. The van der Waals surface area contributed by atoms with E-state index in [2.05, 4.69) is 10.4 Å². The van der Waals surface area contributed by atoms with Gasteiger partial charge in [-0.05, 0) is 24.6 Å². The minimum atomic E-state index is -0.745. The van der Waals surface area contributed by atoms with Crippen molar-refractivity contribution in [2.75, 3.05) is 13.1 Å². The van der Waals surface area contributed by atoms with Gasteiger partial charge in [0, 0.05) is 19.5 Å². The molecule has 2 fully saturated rings. The molecule has 112 valence electrons. The Labute approximate surface area is 125 Å². The van der Waals surface area contributed by atoms with Crippen molar-refractivity contribution in [1.29, 1.82) is 0 Å². The molecule has 2 aliphatic rings. The van der Waals surface area contributed by atoms with Crippen LogP contribution in [-0.4, -0.2) is 45.3 Å². The molecule has 0 aromatic carbocycles. The number of aromatic nitrogens is 2. The summed E-state index contributed by atoms with van der Waals surface area (Å²) >= 11 is 0. The summed E-state index contributed by atoms with van der Waals surface area (Å²) in [6.07, 6.45) is 2.33. The van der Waals surface area contributed by atoms with E-state index in [1.54, 1.807) is 21.7 Å². The van der Waals surface area contributed by atoms with Gasteiger partial charge in [-0.3, -0.25) is 19.7 Å². The standard InChI is InChI=1S/C15H14N4O3/c20-12-8-15(14(22)17-12)5-7-18(9-15)13(21)11-3-1-2-10-4-6-16-19(10)11/h1-4,6H,5,7-9H2,(H,17,20,22)/t15-/m1/s1. The second-order valence-electron chi connectivity index (χ2n) is 5.89. The van der Waals surface area contributed by atoms with Crippen molar-refractivity contribution in [2.24, 2.45) is 5.41 Å². The van der Waals surface area contributed by atoms with Crippen molar-refractivity contribution in [2.45, 2.75) is 12.8 Å². The molecule has 0 unspecified atom stereocenters. The van der Waals surface area contributed by atoms with Gasteiger partial charge in [-0.1, -0.05) is 6.07 Å². The molecule has 1 atom stereocenters. The molecule has 0 aliphatic carbocycles. The minimum absolute atomic E-state index is 0.168. The SMILES string of the molecule is O=C1C[C@@]2(CCN(C(=O)c3cccc4ccnn34)C2)C(=O)N1. The van der Waals surface area contributed by atoms with Crippen molar-refractivity contribution < 1.29 is 14.4 Å². The summed E-state index contributed by atoms with van der Waals surface area (Å²) < 4.78 is 1.59. The van der Waals surface area contributed by atoms with Gasteiger partial charge >= 0.3 is 0 Å². The van der Waals surface area contributed by atoms with E-state index in [0.29, 0.717) is 18.7 Å². The molecule has 3 amide bonds. The Kier molecular flexibility index (Phi) is 2.60. The Morgan fingerprint density at radius 1 is 1.27 bits per heavy atom. The molecule has 22 heavy (non-hydrogen) atoms. The van der Waals surface area contributed by atoms with Gasteiger partial charge in [0.15, 0.2) is 0 Å². The van der Waals surface area contributed by atoms with Crippen LogP contribution in [0.3, 0.4) is 0 Å². The third-order valence-electron chi connectivity index (χ3n) is 4.51. The molecule has 7 heteroatoms. The first-order valence-electron chi connectivity index (χ1n) is 7.15. The van der Waals surface area contributed by atoms with Crippen LogP contribution in [0.2, 0.25) is 0 Å². The number of imide groups is 1. The van der Waals surface area contributed by atoms with Gasteiger partial charge < -0.3 is 4.90 Å². The van der Waals surface area contributed by atoms with Gasteiger partial charge in [0.05, 0.1) is 17.1 Å². The van der Waals surface area contributed by atoms with Crippen LogP contribution < -0.4 is 5.32 Å². The van der Waals surface area contributed by atoms with Crippen molar-refractivity contribution in [1.82, 2.24) is 19.8 Å². The number of carbonyl (C=O) groups excluding carboxylic acids is 3. The maximum atomic E-state index is 12.7.